The number of rotatable bonds is 2. The van der Waals surface area contributed by atoms with Crippen LogP contribution in [0.3, 0.4) is 0 Å². The van der Waals surface area contributed by atoms with Crippen molar-refractivity contribution in [3.05, 3.63) is 53.3 Å². The quantitative estimate of drug-likeness (QED) is 0.837. The molecule has 2 rings (SSSR count). The van der Waals surface area contributed by atoms with E-state index in [9.17, 15) is 13.2 Å². The molecule has 0 heterocycles. The first-order valence-corrected chi connectivity index (χ1v) is 7.36. The number of hydrogen-bond donors (Lipinski definition) is 1. The summed E-state index contributed by atoms with van der Waals surface area (Å²) < 4.78 is 28.1. The van der Waals surface area contributed by atoms with Crippen molar-refractivity contribution in [3.8, 4) is 0 Å². The van der Waals surface area contributed by atoms with Gasteiger partial charge in [-0.3, -0.25) is 4.79 Å². The Morgan fingerprint density at radius 1 is 1.10 bits per heavy atom. The van der Waals surface area contributed by atoms with Gasteiger partial charge in [-0.1, -0.05) is 18.2 Å². The first kappa shape index (κ1) is 14.2. The maximum Gasteiger partial charge on any atom is 0.282 e. The van der Waals surface area contributed by atoms with Crippen LogP contribution in [-0.2, 0) is 14.8 Å². The minimum absolute atomic E-state index is 0.0343. The summed E-state index contributed by atoms with van der Waals surface area (Å²) in [4.78, 5) is 11.8. The first-order chi connectivity index (χ1) is 9.33. The van der Waals surface area contributed by atoms with Crippen molar-refractivity contribution in [2.45, 2.75) is 18.7 Å². The molecule has 1 aliphatic rings. The summed E-state index contributed by atoms with van der Waals surface area (Å²) in [6.07, 6.45) is 1.44. The summed E-state index contributed by atoms with van der Waals surface area (Å²) in [6, 6.07) is 7.89. The van der Waals surface area contributed by atoms with Crippen LogP contribution >= 0.6 is 0 Å². The van der Waals surface area contributed by atoms with Crippen molar-refractivity contribution in [2.75, 3.05) is 0 Å². The highest BCUT2D eigenvalue weighted by Gasteiger charge is 2.22. The Labute approximate surface area is 117 Å². The lowest BCUT2D eigenvalue weighted by atomic mass is 9.96. The lowest BCUT2D eigenvalue weighted by Crippen LogP contribution is -2.23. The fourth-order valence-corrected chi connectivity index (χ4v) is 2.82. The van der Waals surface area contributed by atoms with Crippen LogP contribution in [0.5, 0.6) is 0 Å². The molecule has 5 nitrogen and oxygen atoms in total. The molecule has 0 bridgehead atoms. The second-order valence-corrected chi connectivity index (χ2v) is 6.06. The van der Waals surface area contributed by atoms with Gasteiger partial charge in [0, 0.05) is 11.1 Å². The minimum atomic E-state index is -3.81. The van der Waals surface area contributed by atoms with Gasteiger partial charge in [0.05, 0.1) is 16.3 Å². The van der Waals surface area contributed by atoms with Gasteiger partial charge in [0.1, 0.15) is 0 Å². The average molecular weight is 290 g/mol. The molecular weight excluding hydrogens is 276 g/mol. The van der Waals surface area contributed by atoms with E-state index in [1.165, 1.54) is 18.2 Å². The van der Waals surface area contributed by atoms with Gasteiger partial charge < -0.3 is 5.73 Å². The highest BCUT2D eigenvalue weighted by atomic mass is 32.2. The molecule has 1 aromatic rings. The van der Waals surface area contributed by atoms with Crippen LogP contribution in [0, 0.1) is 0 Å². The van der Waals surface area contributed by atoms with E-state index in [1.807, 2.05) is 0 Å². The minimum Gasteiger partial charge on any atom is -0.395 e. The Bertz CT molecular complexity index is 757. The summed E-state index contributed by atoms with van der Waals surface area (Å²) in [7, 11) is -3.81. The van der Waals surface area contributed by atoms with E-state index in [4.69, 9.17) is 5.73 Å². The molecule has 0 aliphatic heterocycles. The first-order valence-electron chi connectivity index (χ1n) is 5.92. The highest BCUT2D eigenvalue weighted by Crippen LogP contribution is 2.19. The standard InChI is InChI=1S/C14H14N2O3S/c1-9-8-12(10(2)13(15)14(9)17)16-20(18,19)11-6-4-3-5-7-11/h3-8H,15H2,1-2H3. The third-order valence-electron chi connectivity index (χ3n) is 3.00. The summed E-state index contributed by atoms with van der Waals surface area (Å²) in [5.74, 6) is -0.293. The van der Waals surface area contributed by atoms with Gasteiger partial charge in [-0.2, -0.15) is 12.8 Å². The number of Topliss-reactive ketones (excluding diaryl/α,β-unsaturated/α-hetero) is 1. The Morgan fingerprint density at radius 3 is 2.30 bits per heavy atom. The molecule has 104 valence electrons. The van der Waals surface area contributed by atoms with E-state index in [0.29, 0.717) is 11.1 Å². The van der Waals surface area contributed by atoms with E-state index < -0.39 is 10.0 Å². The molecule has 0 spiro atoms. The van der Waals surface area contributed by atoms with Crippen LogP contribution in [0.1, 0.15) is 13.8 Å². The van der Waals surface area contributed by atoms with Gasteiger partial charge in [0.15, 0.2) is 0 Å². The third-order valence-corrected chi connectivity index (χ3v) is 4.31. The Morgan fingerprint density at radius 2 is 1.70 bits per heavy atom. The van der Waals surface area contributed by atoms with E-state index in [-0.39, 0.29) is 22.1 Å². The molecule has 0 saturated carbocycles. The molecule has 0 saturated heterocycles. The zero-order chi connectivity index (χ0) is 14.9. The molecule has 0 aromatic heterocycles. The maximum atomic E-state index is 12.2. The molecule has 0 amide bonds. The highest BCUT2D eigenvalue weighted by molar-refractivity contribution is 7.90. The monoisotopic (exact) mass is 290 g/mol. The molecule has 20 heavy (non-hydrogen) atoms. The van der Waals surface area contributed by atoms with Crippen molar-refractivity contribution >= 4 is 21.5 Å². The van der Waals surface area contributed by atoms with Crippen molar-refractivity contribution in [1.82, 2.24) is 0 Å². The number of carbonyl (C=O) groups is 1. The van der Waals surface area contributed by atoms with Crippen LogP contribution in [0.2, 0.25) is 0 Å². The van der Waals surface area contributed by atoms with Gasteiger partial charge in [-0.05, 0) is 32.1 Å². The number of benzene rings is 1. The van der Waals surface area contributed by atoms with E-state index in [1.54, 1.807) is 32.0 Å². The van der Waals surface area contributed by atoms with Crippen LogP contribution < -0.4 is 5.73 Å². The van der Waals surface area contributed by atoms with Gasteiger partial charge >= 0.3 is 0 Å². The Hall–Kier alpha value is -2.21. The predicted octanol–water partition coefficient (Wildman–Crippen LogP) is 1.58. The van der Waals surface area contributed by atoms with Crippen molar-refractivity contribution in [1.29, 1.82) is 0 Å². The largest absolute Gasteiger partial charge is 0.395 e. The van der Waals surface area contributed by atoms with Crippen molar-refractivity contribution < 1.29 is 13.2 Å². The fourth-order valence-electron chi connectivity index (χ4n) is 1.77. The smallest absolute Gasteiger partial charge is 0.282 e. The van der Waals surface area contributed by atoms with Gasteiger partial charge in [-0.15, -0.1) is 0 Å². The average Bonchev–Trinajstić information content (AvgIpc) is 2.43. The van der Waals surface area contributed by atoms with Gasteiger partial charge in [-0.25, -0.2) is 0 Å². The molecule has 0 radical (unpaired) electrons. The van der Waals surface area contributed by atoms with Crippen LogP contribution in [-0.4, -0.2) is 19.9 Å². The summed E-state index contributed by atoms with van der Waals surface area (Å²) in [5, 5.41) is 0. The topological polar surface area (TPSA) is 89.6 Å². The maximum absolute atomic E-state index is 12.2. The Kier molecular flexibility index (Phi) is 3.59. The predicted molar refractivity (Wildman–Crippen MR) is 76.7 cm³/mol. The third kappa shape index (κ3) is 2.55. The normalized spacial score (nSPS) is 18.4. The molecule has 0 atom stereocenters. The van der Waals surface area contributed by atoms with E-state index in [0.717, 1.165) is 0 Å². The zero-order valence-corrected chi connectivity index (χ0v) is 11.9. The number of nitrogens with two attached hydrogens (primary N) is 1. The lowest BCUT2D eigenvalue weighted by Gasteiger charge is -2.13. The summed E-state index contributed by atoms with van der Waals surface area (Å²) in [5.41, 5.74) is 6.65. The fraction of sp³-hybridized carbons (Fsp3) is 0.143. The van der Waals surface area contributed by atoms with Crippen LogP contribution in [0.25, 0.3) is 0 Å². The van der Waals surface area contributed by atoms with Gasteiger partial charge in [0.25, 0.3) is 10.0 Å². The molecule has 0 unspecified atom stereocenters. The number of ketones is 1. The number of carbonyl (C=O) groups excluding carboxylic acids is 1. The molecule has 0 fully saturated rings. The molecule has 6 heteroatoms. The number of nitrogens with zero attached hydrogens (tertiary/aromatic N) is 1. The molecule has 1 aromatic carbocycles. The molecular formula is C14H14N2O3S. The van der Waals surface area contributed by atoms with Gasteiger partial charge in [0.2, 0.25) is 5.78 Å². The van der Waals surface area contributed by atoms with E-state index in [2.05, 4.69) is 4.40 Å². The molecule has 2 N–H and O–H groups in total. The number of sulfonamides is 1. The molecule has 1 aliphatic carbocycles. The SMILES string of the molecule is CC1=CC(=NS(=O)(=O)c2ccccc2)C(C)=C(N)C1=O. The Balaban J connectivity index is 2.54. The van der Waals surface area contributed by atoms with Crippen LogP contribution in [0.4, 0.5) is 0 Å². The van der Waals surface area contributed by atoms with Crippen molar-refractivity contribution in [3.63, 3.8) is 0 Å². The van der Waals surface area contributed by atoms with Crippen molar-refractivity contribution in [2.24, 2.45) is 10.1 Å². The number of hydrogen-bond acceptors (Lipinski definition) is 4. The summed E-state index contributed by atoms with van der Waals surface area (Å²) in [6.45, 7) is 3.15. The zero-order valence-electron chi connectivity index (χ0n) is 11.1. The summed E-state index contributed by atoms with van der Waals surface area (Å²) >= 11 is 0. The second-order valence-electron chi connectivity index (χ2n) is 4.46. The lowest BCUT2D eigenvalue weighted by molar-refractivity contribution is -0.112. The number of allylic oxidation sites excluding steroid dienone is 3. The second kappa shape index (κ2) is 5.05. The van der Waals surface area contributed by atoms with Crippen LogP contribution in [0.15, 0.2) is 62.5 Å². The van der Waals surface area contributed by atoms with E-state index >= 15 is 0 Å².